The Morgan fingerprint density at radius 1 is 1.62 bits per heavy atom. The summed E-state index contributed by atoms with van der Waals surface area (Å²) in [4.78, 5) is 3.48. The number of halogens is 1. The molecule has 0 radical (unpaired) electrons. The zero-order valence-corrected chi connectivity index (χ0v) is 7.29. The van der Waals surface area contributed by atoms with Gasteiger partial charge in [-0.15, -0.1) is 0 Å². The fourth-order valence-electron chi connectivity index (χ4n) is 0.667. The van der Waals surface area contributed by atoms with Crippen LogP contribution < -0.4 is 5.14 Å². The predicted octanol–water partition coefficient (Wildman–Crippen LogP) is -0.0592. The molecule has 72 valence electrons. The van der Waals surface area contributed by atoms with E-state index in [1.54, 1.807) is 0 Å². The molecule has 0 atom stereocenters. The third-order valence-corrected chi connectivity index (χ3v) is 1.68. The average Bonchev–Trinajstić information content (AvgIpc) is 2.01. The van der Waals surface area contributed by atoms with Gasteiger partial charge >= 0.3 is 10.3 Å². The van der Waals surface area contributed by atoms with Crippen LogP contribution >= 0.6 is 0 Å². The van der Waals surface area contributed by atoms with E-state index in [2.05, 4.69) is 14.3 Å². The molecule has 0 aliphatic carbocycles. The average molecular weight is 206 g/mol. The highest BCUT2D eigenvalue weighted by molar-refractivity contribution is 7.84. The van der Waals surface area contributed by atoms with Gasteiger partial charge in [-0.2, -0.15) is 8.42 Å². The lowest BCUT2D eigenvalue weighted by Gasteiger charge is -2.01. The maximum absolute atomic E-state index is 12.8. The minimum Gasteiger partial charge on any atom is -0.262 e. The van der Waals surface area contributed by atoms with Crippen molar-refractivity contribution in [3.8, 4) is 0 Å². The summed E-state index contributed by atoms with van der Waals surface area (Å²) < 4.78 is 37.6. The molecule has 1 heterocycles. The van der Waals surface area contributed by atoms with Crippen molar-refractivity contribution in [3.63, 3.8) is 0 Å². The molecule has 13 heavy (non-hydrogen) atoms. The molecule has 7 heteroatoms. The second-order valence-corrected chi connectivity index (χ2v) is 3.44. The van der Waals surface area contributed by atoms with E-state index >= 15 is 0 Å². The molecule has 0 aliphatic rings. The Kier molecular flexibility index (Phi) is 2.91. The third-order valence-electron chi connectivity index (χ3n) is 1.24. The Morgan fingerprint density at radius 3 is 2.85 bits per heavy atom. The van der Waals surface area contributed by atoms with Crippen LogP contribution in [0, 0.1) is 5.82 Å². The summed E-state index contributed by atoms with van der Waals surface area (Å²) in [7, 11) is -4.03. The molecule has 0 aromatic carbocycles. The molecule has 1 aromatic heterocycles. The molecule has 0 amide bonds. The monoisotopic (exact) mass is 206 g/mol. The smallest absolute Gasteiger partial charge is 0.262 e. The lowest BCUT2D eigenvalue weighted by atomic mass is 10.3. The van der Waals surface area contributed by atoms with Crippen molar-refractivity contribution in [2.24, 2.45) is 5.14 Å². The summed E-state index contributed by atoms with van der Waals surface area (Å²) in [5, 5.41) is 4.55. The summed E-state index contributed by atoms with van der Waals surface area (Å²) >= 11 is 0. The van der Waals surface area contributed by atoms with E-state index in [1.165, 1.54) is 12.3 Å². The lowest BCUT2D eigenvalue weighted by molar-refractivity contribution is 0.302. The molecule has 0 spiro atoms. The number of nitrogens with zero attached hydrogens (tertiary/aromatic N) is 1. The van der Waals surface area contributed by atoms with Gasteiger partial charge in [0, 0.05) is 11.8 Å². The van der Waals surface area contributed by atoms with E-state index < -0.39 is 22.7 Å². The number of rotatable bonds is 3. The zero-order chi connectivity index (χ0) is 9.90. The first kappa shape index (κ1) is 10.0. The van der Waals surface area contributed by atoms with Gasteiger partial charge in [0.2, 0.25) is 0 Å². The molecule has 1 aromatic rings. The minimum atomic E-state index is -4.03. The largest absolute Gasteiger partial charge is 0.333 e. The first-order valence-electron chi connectivity index (χ1n) is 3.24. The fourth-order valence-corrected chi connectivity index (χ4v) is 0.958. The summed E-state index contributed by atoms with van der Waals surface area (Å²) in [5.41, 5.74) is 0.0871. The van der Waals surface area contributed by atoms with Gasteiger partial charge in [-0.3, -0.25) is 9.17 Å². The predicted molar refractivity (Wildman–Crippen MR) is 42.1 cm³/mol. The van der Waals surface area contributed by atoms with Gasteiger partial charge in [0.05, 0.1) is 12.8 Å². The van der Waals surface area contributed by atoms with Crippen molar-refractivity contribution >= 4 is 10.3 Å². The number of pyridine rings is 1. The minimum absolute atomic E-state index is 0.0871. The van der Waals surface area contributed by atoms with Crippen LogP contribution in [0.3, 0.4) is 0 Å². The highest BCUT2D eigenvalue weighted by atomic mass is 32.2. The van der Waals surface area contributed by atoms with Gasteiger partial charge in [0.25, 0.3) is 0 Å². The molecule has 0 bridgehead atoms. The van der Waals surface area contributed by atoms with Gasteiger partial charge in [0.15, 0.2) is 0 Å². The topological polar surface area (TPSA) is 82.3 Å². The van der Waals surface area contributed by atoms with Crippen LogP contribution in [0.5, 0.6) is 0 Å². The van der Waals surface area contributed by atoms with E-state index in [0.717, 1.165) is 6.20 Å². The standard InChI is InChI=1S/C6H7FN2O3S/c7-6-3-9-2-1-5(6)4-12-13(8,10)11/h1-3H,4H2,(H2,8,10,11). The molecular formula is C6H7FN2O3S. The van der Waals surface area contributed by atoms with Crippen LogP contribution in [-0.2, 0) is 21.1 Å². The molecule has 0 aliphatic heterocycles. The normalized spacial score (nSPS) is 11.5. The number of hydrogen-bond donors (Lipinski definition) is 1. The van der Waals surface area contributed by atoms with Crippen LogP contribution in [0.25, 0.3) is 0 Å². The third kappa shape index (κ3) is 3.45. The summed E-state index contributed by atoms with van der Waals surface area (Å²) in [6.45, 7) is -0.423. The quantitative estimate of drug-likeness (QED) is 0.751. The molecular weight excluding hydrogens is 199 g/mol. The van der Waals surface area contributed by atoms with Gasteiger partial charge < -0.3 is 0 Å². The van der Waals surface area contributed by atoms with Crippen LogP contribution in [0.2, 0.25) is 0 Å². The van der Waals surface area contributed by atoms with Gasteiger partial charge in [-0.25, -0.2) is 9.53 Å². The highest BCUT2D eigenvalue weighted by Gasteiger charge is 2.06. The van der Waals surface area contributed by atoms with Crippen molar-refractivity contribution in [3.05, 3.63) is 29.8 Å². The number of aromatic nitrogens is 1. The molecule has 2 N–H and O–H groups in total. The molecule has 0 unspecified atom stereocenters. The lowest BCUT2D eigenvalue weighted by Crippen LogP contribution is -2.15. The maximum Gasteiger partial charge on any atom is 0.333 e. The summed E-state index contributed by atoms with van der Waals surface area (Å²) in [6.07, 6.45) is 2.28. The Hall–Kier alpha value is -1.05. The Morgan fingerprint density at radius 2 is 2.31 bits per heavy atom. The Balaban J connectivity index is 2.71. The van der Waals surface area contributed by atoms with Crippen molar-refractivity contribution in [2.45, 2.75) is 6.61 Å². The maximum atomic E-state index is 12.8. The van der Waals surface area contributed by atoms with Crippen LogP contribution in [0.4, 0.5) is 4.39 Å². The van der Waals surface area contributed by atoms with Gasteiger partial charge in [-0.05, 0) is 6.07 Å². The van der Waals surface area contributed by atoms with Crippen molar-refractivity contribution < 1.29 is 17.0 Å². The van der Waals surface area contributed by atoms with Crippen molar-refractivity contribution in [1.82, 2.24) is 4.98 Å². The molecule has 0 saturated carbocycles. The first-order valence-corrected chi connectivity index (χ1v) is 4.72. The van der Waals surface area contributed by atoms with Crippen molar-refractivity contribution in [1.29, 1.82) is 0 Å². The van der Waals surface area contributed by atoms with E-state index in [0.29, 0.717) is 0 Å². The molecule has 0 saturated heterocycles. The SMILES string of the molecule is NS(=O)(=O)OCc1ccncc1F. The van der Waals surface area contributed by atoms with Crippen LogP contribution in [-0.4, -0.2) is 13.4 Å². The van der Waals surface area contributed by atoms with Crippen molar-refractivity contribution in [2.75, 3.05) is 0 Å². The van der Waals surface area contributed by atoms with Crippen LogP contribution in [0.15, 0.2) is 18.5 Å². The van der Waals surface area contributed by atoms with E-state index in [9.17, 15) is 12.8 Å². The van der Waals surface area contributed by atoms with Gasteiger partial charge in [0.1, 0.15) is 5.82 Å². The zero-order valence-electron chi connectivity index (χ0n) is 6.47. The second-order valence-electron chi connectivity index (χ2n) is 2.22. The molecule has 0 fully saturated rings. The summed E-state index contributed by atoms with van der Waals surface area (Å²) in [6, 6.07) is 1.31. The number of nitrogens with two attached hydrogens (primary N) is 1. The fraction of sp³-hybridized carbons (Fsp3) is 0.167. The van der Waals surface area contributed by atoms with E-state index in [-0.39, 0.29) is 5.56 Å². The molecule has 1 rings (SSSR count). The summed E-state index contributed by atoms with van der Waals surface area (Å²) in [5.74, 6) is -0.633. The van der Waals surface area contributed by atoms with Crippen LogP contribution in [0.1, 0.15) is 5.56 Å². The van der Waals surface area contributed by atoms with Gasteiger partial charge in [-0.1, -0.05) is 0 Å². The van der Waals surface area contributed by atoms with E-state index in [1.807, 2.05) is 0 Å². The molecule has 5 nitrogen and oxygen atoms in total. The Bertz CT molecular complexity index is 393. The highest BCUT2D eigenvalue weighted by Crippen LogP contribution is 2.06. The number of hydrogen-bond acceptors (Lipinski definition) is 4. The first-order chi connectivity index (χ1) is 5.99. The second kappa shape index (κ2) is 3.77. The Labute approximate surface area is 74.6 Å². The van der Waals surface area contributed by atoms with E-state index in [4.69, 9.17) is 0 Å².